The Morgan fingerprint density at radius 3 is 2.65 bits per heavy atom. The molecule has 1 amide bonds. The molecule has 138 valence electrons. The molecule has 1 aliphatic heterocycles. The molecule has 1 N–H and O–H groups in total. The second-order valence-electron chi connectivity index (χ2n) is 6.71. The van der Waals surface area contributed by atoms with E-state index in [9.17, 15) is 4.79 Å². The van der Waals surface area contributed by atoms with Crippen LogP contribution in [0.5, 0.6) is 5.75 Å². The summed E-state index contributed by atoms with van der Waals surface area (Å²) < 4.78 is 6.10. The fourth-order valence-corrected chi connectivity index (χ4v) is 3.55. The molecule has 1 fully saturated rings. The van der Waals surface area contributed by atoms with Crippen LogP contribution in [-0.2, 0) is 4.79 Å². The maximum atomic E-state index is 13.3. The SMILES string of the molecule is CNCC1CCCN(C(=O)C(Oc2ccc(Cl)cc2)c2ccccc2)C1. The van der Waals surface area contributed by atoms with Crippen LogP contribution in [0.25, 0.3) is 0 Å². The van der Waals surface area contributed by atoms with Crippen molar-refractivity contribution in [2.24, 2.45) is 5.92 Å². The van der Waals surface area contributed by atoms with Gasteiger partial charge in [-0.15, -0.1) is 0 Å². The quantitative estimate of drug-likeness (QED) is 0.835. The highest BCUT2D eigenvalue weighted by Gasteiger charge is 2.31. The molecule has 2 aromatic carbocycles. The van der Waals surface area contributed by atoms with Crippen LogP contribution in [0.4, 0.5) is 0 Å². The van der Waals surface area contributed by atoms with Gasteiger partial charge in [0, 0.05) is 23.7 Å². The lowest BCUT2D eigenvalue weighted by atomic mass is 9.97. The van der Waals surface area contributed by atoms with Crippen molar-refractivity contribution in [1.82, 2.24) is 10.2 Å². The van der Waals surface area contributed by atoms with Crippen LogP contribution in [0, 0.1) is 5.92 Å². The largest absolute Gasteiger partial charge is 0.476 e. The summed E-state index contributed by atoms with van der Waals surface area (Å²) in [4.78, 5) is 15.2. The smallest absolute Gasteiger partial charge is 0.268 e. The minimum Gasteiger partial charge on any atom is -0.476 e. The summed E-state index contributed by atoms with van der Waals surface area (Å²) in [5.41, 5.74) is 0.864. The fraction of sp³-hybridized carbons (Fsp3) is 0.381. The van der Waals surface area contributed by atoms with Crippen LogP contribution in [0.15, 0.2) is 54.6 Å². The number of ether oxygens (including phenoxy) is 1. The van der Waals surface area contributed by atoms with E-state index in [1.54, 1.807) is 24.3 Å². The van der Waals surface area contributed by atoms with Gasteiger partial charge in [-0.3, -0.25) is 4.79 Å². The fourth-order valence-electron chi connectivity index (χ4n) is 3.42. The molecule has 0 spiro atoms. The Balaban J connectivity index is 1.80. The molecule has 0 saturated carbocycles. The lowest BCUT2D eigenvalue weighted by Gasteiger charge is -2.35. The van der Waals surface area contributed by atoms with Gasteiger partial charge in [0.2, 0.25) is 6.10 Å². The monoisotopic (exact) mass is 372 g/mol. The molecule has 4 nitrogen and oxygen atoms in total. The number of nitrogens with one attached hydrogen (secondary N) is 1. The number of piperidine rings is 1. The number of carbonyl (C=O) groups is 1. The van der Waals surface area contributed by atoms with Crippen molar-refractivity contribution in [1.29, 1.82) is 0 Å². The predicted molar refractivity (Wildman–Crippen MR) is 104 cm³/mol. The van der Waals surface area contributed by atoms with Crippen LogP contribution >= 0.6 is 11.6 Å². The van der Waals surface area contributed by atoms with E-state index in [1.165, 1.54) is 0 Å². The van der Waals surface area contributed by atoms with Crippen molar-refractivity contribution in [3.63, 3.8) is 0 Å². The van der Waals surface area contributed by atoms with Gasteiger partial charge in [0.05, 0.1) is 0 Å². The Hall–Kier alpha value is -2.04. The number of hydrogen-bond acceptors (Lipinski definition) is 3. The molecule has 5 heteroatoms. The number of rotatable bonds is 6. The molecule has 2 aromatic rings. The zero-order chi connectivity index (χ0) is 18.4. The van der Waals surface area contributed by atoms with Crippen LogP contribution < -0.4 is 10.1 Å². The molecule has 1 saturated heterocycles. The van der Waals surface area contributed by atoms with Crippen molar-refractivity contribution in [3.05, 3.63) is 65.2 Å². The number of amides is 1. The summed E-state index contributed by atoms with van der Waals surface area (Å²) >= 11 is 5.96. The summed E-state index contributed by atoms with van der Waals surface area (Å²) in [5.74, 6) is 1.15. The minimum absolute atomic E-state index is 0.0203. The molecule has 2 atom stereocenters. The molecule has 1 aliphatic rings. The van der Waals surface area contributed by atoms with Gasteiger partial charge >= 0.3 is 0 Å². The van der Waals surface area contributed by atoms with E-state index in [0.717, 1.165) is 38.0 Å². The molecule has 0 bridgehead atoms. The average Bonchev–Trinajstić information content (AvgIpc) is 2.68. The molecular weight excluding hydrogens is 348 g/mol. The zero-order valence-corrected chi connectivity index (χ0v) is 15.8. The topological polar surface area (TPSA) is 41.6 Å². The van der Waals surface area contributed by atoms with Gasteiger partial charge in [-0.2, -0.15) is 0 Å². The molecule has 3 rings (SSSR count). The van der Waals surface area contributed by atoms with Gasteiger partial charge in [0.15, 0.2) is 0 Å². The van der Waals surface area contributed by atoms with E-state index in [1.807, 2.05) is 42.3 Å². The summed E-state index contributed by atoms with van der Waals surface area (Å²) in [7, 11) is 1.96. The highest BCUT2D eigenvalue weighted by molar-refractivity contribution is 6.30. The first-order valence-corrected chi connectivity index (χ1v) is 9.45. The second kappa shape index (κ2) is 9.06. The van der Waals surface area contributed by atoms with Gasteiger partial charge in [-0.25, -0.2) is 0 Å². The Kier molecular flexibility index (Phi) is 6.53. The normalized spacial score (nSPS) is 18.4. The first-order chi connectivity index (χ1) is 12.7. The van der Waals surface area contributed by atoms with E-state index >= 15 is 0 Å². The highest BCUT2D eigenvalue weighted by atomic mass is 35.5. The number of likely N-dealkylation sites (tertiary alicyclic amines) is 1. The Morgan fingerprint density at radius 1 is 1.23 bits per heavy atom. The van der Waals surface area contributed by atoms with Gasteiger partial charge in [-0.05, 0) is 56.6 Å². The Bertz CT molecular complexity index is 704. The summed E-state index contributed by atoms with van der Waals surface area (Å²) in [5, 5.41) is 3.87. The van der Waals surface area contributed by atoms with E-state index in [0.29, 0.717) is 16.7 Å². The summed E-state index contributed by atoms with van der Waals surface area (Å²) in [6.45, 7) is 2.48. The maximum absolute atomic E-state index is 13.3. The van der Waals surface area contributed by atoms with E-state index in [2.05, 4.69) is 5.32 Å². The lowest BCUT2D eigenvalue weighted by molar-refractivity contribution is -0.140. The third-order valence-electron chi connectivity index (χ3n) is 4.72. The van der Waals surface area contributed by atoms with Crippen LogP contribution in [0.1, 0.15) is 24.5 Å². The number of nitrogens with zero attached hydrogens (tertiary/aromatic N) is 1. The lowest BCUT2D eigenvalue weighted by Crippen LogP contribution is -2.45. The van der Waals surface area contributed by atoms with Crippen molar-refractivity contribution in [2.45, 2.75) is 18.9 Å². The first kappa shape index (κ1) is 18.7. The molecule has 26 heavy (non-hydrogen) atoms. The third-order valence-corrected chi connectivity index (χ3v) is 4.97. The Labute approximate surface area is 160 Å². The van der Waals surface area contributed by atoms with Gasteiger partial charge in [0.1, 0.15) is 5.75 Å². The van der Waals surface area contributed by atoms with Crippen molar-refractivity contribution in [3.8, 4) is 5.75 Å². The minimum atomic E-state index is -0.647. The van der Waals surface area contributed by atoms with Crippen LogP contribution in [0.2, 0.25) is 5.02 Å². The first-order valence-electron chi connectivity index (χ1n) is 9.08. The number of benzene rings is 2. The predicted octanol–water partition coefficient (Wildman–Crippen LogP) is 3.92. The number of hydrogen-bond donors (Lipinski definition) is 1. The maximum Gasteiger partial charge on any atom is 0.268 e. The number of carbonyl (C=O) groups excluding carboxylic acids is 1. The second-order valence-corrected chi connectivity index (χ2v) is 7.15. The molecule has 0 aliphatic carbocycles. The standard InChI is InChI=1S/C21H25ClN2O2/c1-23-14-16-6-5-13-24(15-16)21(25)20(17-7-3-2-4-8-17)26-19-11-9-18(22)10-12-19/h2-4,7-12,16,20,23H,5-6,13-15H2,1H3. The Morgan fingerprint density at radius 2 is 1.96 bits per heavy atom. The van der Waals surface area contributed by atoms with E-state index < -0.39 is 6.10 Å². The van der Waals surface area contributed by atoms with E-state index in [4.69, 9.17) is 16.3 Å². The van der Waals surface area contributed by atoms with Crippen molar-refractivity contribution in [2.75, 3.05) is 26.7 Å². The molecular formula is C21H25ClN2O2. The van der Waals surface area contributed by atoms with Gasteiger partial charge in [-0.1, -0.05) is 41.9 Å². The summed E-state index contributed by atoms with van der Waals surface area (Å²) in [6, 6.07) is 16.8. The molecule has 1 heterocycles. The summed E-state index contributed by atoms with van der Waals surface area (Å²) in [6.07, 6.45) is 1.53. The van der Waals surface area contributed by atoms with Crippen molar-refractivity contribution < 1.29 is 9.53 Å². The van der Waals surface area contributed by atoms with Gasteiger partial charge < -0.3 is 15.0 Å². The van der Waals surface area contributed by atoms with Crippen molar-refractivity contribution >= 4 is 17.5 Å². The zero-order valence-electron chi connectivity index (χ0n) is 15.0. The molecule has 0 aromatic heterocycles. The van der Waals surface area contributed by atoms with Crippen LogP contribution in [-0.4, -0.2) is 37.5 Å². The molecule has 0 radical (unpaired) electrons. The third kappa shape index (κ3) is 4.77. The van der Waals surface area contributed by atoms with Crippen LogP contribution in [0.3, 0.4) is 0 Å². The van der Waals surface area contributed by atoms with E-state index in [-0.39, 0.29) is 5.91 Å². The highest BCUT2D eigenvalue weighted by Crippen LogP contribution is 2.27. The van der Waals surface area contributed by atoms with Gasteiger partial charge in [0.25, 0.3) is 5.91 Å². The molecule has 2 unspecified atom stereocenters. The average molecular weight is 373 g/mol. The number of halogens is 1.